The molecule has 0 unspecified atom stereocenters. The molecule has 0 radical (unpaired) electrons. The zero-order valence-corrected chi connectivity index (χ0v) is 15.2. The van der Waals surface area contributed by atoms with Crippen molar-refractivity contribution in [1.29, 1.82) is 0 Å². The van der Waals surface area contributed by atoms with Gasteiger partial charge in [0.25, 0.3) is 5.91 Å². The highest BCUT2D eigenvalue weighted by Crippen LogP contribution is 2.28. The Labute approximate surface area is 154 Å². The van der Waals surface area contributed by atoms with Crippen molar-refractivity contribution < 1.29 is 4.79 Å². The summed E-state index contributed by atoms with van der Waals surface area (Å²) in [6.45, 7) is 4.09. The van der Waals surface area contributed by atoms with Crippen molar-refractivity contribution in [3.8, 4) is 11.3 Å². The van der Waals surface area contributed by atoms with Gasteiger partial charge < -0.3 is 5.32 Å². The Morgan fingerprint density at radius 3 is 2.73 bits per heavy atom. The van der Waals surface area contributed by atoms with Crippen molar-refractivity contribution in [3.63, 3.8) is 0 Å². The van der Waals surface area contributed by atoms with E-state index in [2.05, 4.69) is 15.4 Å². The second kappa shape index (κ2) is 6.68. The van der Waals surface area contributed by atoms with E-state index in [0.29, 0.717) is 16.9 Å². The van der Waals surface area contributed by atoms with Gasteiger partial charge in [-0.1, -0.05) is 0 Å². The molecule has 26 heavy (non-hydrogen) atoms. The van der Waals surface area contributed by atoms with Gasteiger partial charge in [0.2, 0.25) is 0 Å². The molecule has 4 rings (SSSR count). The molecule has 0 fully saturated rings. The van der Waals surface area contributed by atoms with E-state index in [-0.39, 0.29) is 11.9 Å². The number of rotatable bonds is 4. The number of pyridine rings is 2. The molecular weight excluding hydrogens is 346 g/mol. The molecule has 0 aliphatic heterocycles. The quantitative estimate of drug-likeness (QED) is 0.584. The van der Waals surface area contributed by atoms with Crippen LogP contribution in [-0.2, 0) is 0 Å². The number of fused-ring (bicyclic) bond motifs is 1. The van der Waals surface area contributed by atoms with Crippen molar-refractivity contribution in [1.82, 2.24) is 19.7 Å². The fourth-order valence-corrected chi connectivity index (χ4v) is 3.43. The highest BCUT2D eigenvalue weighted by atomic mass is 32.1. The molecule has 4 aromatic rings. The van der Waals surface area contributed by atoms with Gasteiger partial charge in [-0.15, -0.1) is 0 Å². The van der Waals surface area contributed by atoms with Crippen LogP contribution in [-0.4, -0.2) is 25.7 Å². The van der Waals surface area contributed by atoms with E-state index in [0.717, 1.165) is 16.6 Å². The Kier molecular flexibility index (Phi) is 4.22. The molecular formula is C19H17N5OS. The smallest absolute Gasteiger partial charge is 0.256 e. The second-order valence-corrected chi connectivity index (χ2v) is 6.96. The summed E-state index contributed by atoms with van der Waals surface area (Å²) in [6, 6.07) is 7.49. The lowest BCUT2D eigenvalue weighted by Gasteiger charge is -2.10. The zero-order valence-electron chi connectivity index (χ0n) is 14.4. The molecule has 6 nitrogen and oxygen atoms in total. The third-order valence-corrected chi connectivity index (χ3v) is 4.74. The number of hydrogen-bond donors (Lipinski definition) is 1. The molecule has 0 aliphatic carbocycles. The minimum absolute atomic E-state index is 0.147. The first kappa shape index (κ1) is 16.4. The Bertz CT molecular complexity index is 1050. The highest BCUT2D eigenvalue weighted by Gasteiger charge is 2.18. The van der Waals surface area contributed by atoms with Crippen LogP contribution < -0.4 is 5.32 Å². The third kappa shape index (κ3) is 2.97. The van der Waals surface area contributed by atoms with Gasteiger partial charge in [0.05, 0.1) is 22.8 Å². The Morgan fingerprint density at radius 1 is 1.23 bits per heavy atom. The Hall–Kier alpha value is -3.06. The van der Waals surface area contributed by atoms with E-state index >= 15 is 0 Å². The molecule has 0 spiro atoms. The van der Waals surface area contributed by atoms with Crippen LogP contribution in [0.25, 0.3) is 22.3 Å². The molecule has 4 aromatic heterocycles. The number of thiophene rings is 1. The first-order chi connectivity index (χ1) is 12.6. The van der Waals surface area contributed by atoms with Gasteiger partial charge in [0.1, 0.15) is 0 Å². The summed E-state index contributed by atoms with van der Waals surface area (Å²) in [5.41, 5.74) is 3.72. The van der Waals surface area contributed by atoms with Gasteiger partial charge in [0.15, 0.2) is 5.65 Å². The summed E-state index contributed by atoms with van der Waals surface area (Å²) in [6.07, 6.45) is 5.00. The van der Waals surface area contributed by atoms with Gasteiger partial charge in [-0.3, -0.25) is 9.78 Å². The molecule has 0 bridgehead atoms. The number of nitrogens with zero attached hydrogens (tertiary/aromatic N) is 4. The van der Waals surface area contributed by atoms with E-state index in [1.165, 1.54) is 0 Å². The molecule has 0 aliphatic rings. The highest BCUT2D eigenvalue weighted by molar-refractivity contribution is 7.08. The second-order valence-electron chi connectivity index (χ2n) is 6.18. The number of hydrogen-bond acceptors (Lipinski definition) is 5. The predicted molar refractivity (Wildman–Crippen MR) is 103 cm³/mol. The fraction of sp³-hybridized carbons (Fsp3) is 0.158. The maximum Gasteiger partial charge on any atom is 0.256 e. The van der Waals surface area contributed by atoms with Crippen molar-refractivity contribution >= 4 is 34.0 Å². The van der Waals surface area contributed by atoms with Crippen molar-refractivity contribution in [3.05, 3.63) is 59.2 Å². The lowest BCUT2D eigenvalue weighted by atomic mass is 10.1. The maximum absolute atomic E-state index is 12.9. The Morgan fingerprint density at radius 2 is 2.04 bits per heavy atom. The molecule has 0 saturated carbocycles. The maximum atomic E-state index is 12.9. The third-order valence-electron chi connectivity index (χ3n) is 4.06. The SMILES string of the molecule is CC(C)n1ncc2c(C(=O)Nc3ccncc3)cc(-c3ccsc3)nc21. The van der Waals surface area contributed by atoms with Crippen LogP contribution in [0, 0.1) is 0 Å². The monoisotopic (exact) mass is 363 g/mol. The summed E-state index contributed by atoms with van der Waals surface area (Å²) in [7, 11) is 0. The molecule has 7 heteroatoms. The molecule has 0 saturated heterocycles. The largest absolute Gasteiger partial charge is 0.322 e. The van der Waals surface area contributed by atoms with Crippen LogP contribution >= 0.6 is 11.3 Å². The molecule has 4 heterocycles. The molecule has 0 aromatic carbocycles. The Balaban J connectivity index is 1.85. The van der Waals surface area contributed by atoms with E-state index in [1.807, 2.05) is 41.4 Å². The van der Waals surface area contributed by atoms with Crippen molar-refractivity contribution in [2.24, 2.45) is 0 Å². The van der Waals surface area contributed by atoms with E-state index in [9.17, 15) is 4.79 Å². The van der Waals surface area contributed by atoms with Crippen LogP contribution in [0.2, 0.25) is 0 Å². The minimum atomic E-state index is -0.191. The number of amides is 1. The van der Waals surface area contributed by atoms with Crippen LogP contribution in [0.15, 0.2) is 53.6 Å². The fourth-order valence-electron chi connectivity index (χ4n) is 2.78. The van der Waals surface area contributed by atoms with Crippen LogP contribution in [0.3, 0.4) is 0 Å². The van der Waals surface area contributed by atoms with Gasteiger partial charge in [-0.2, -0.15) is 16.4 Å². The first-order valence-corrected chi connectivity index (χ1v) is 9.20. The lowest BCUT2D eigenvalue weighted by molar-refractivity contribution is 0.102. The van der Waals surface area contributed by atoms with Crippen LogP contribution in [0.1, 0.15) is 30.2 Å². The lowest BCUT2D eigenvalue weighted by Crippen LogP contribution is -2.13. The van der Waals surface area contributed by atoms with Crippen LogP contribution in [0.4, 0.5) is 5.69 Å². The average molecular weight is 363 g/mol. The summed E-state index contributed by atoms with van der Waals surface area (Å²) >= 11 is 1.60. The summed E-state index contributed by atoms with van der Waals surface area (Å²) in [5, 5.41) is 12.1. The average Bonchev–Trinajstić information content (AvgIpc) is 3.31. The van der Waals surface area contributed by atoms with E-state index < -0.39 is 0 Å². The van der Waals surface area contributed by atoms with E-state index in [1.54, 1.807) is 42.1 Å². The number of anilines is 1. The molecule has 1 N–H and O–H groups in total. The van der Waals surface area contributed by atoms with E-state index in [4.69, 9.17) is 4.98 Å². The van der Waals surface area contributed by atoms with Crippen molar-refractivity contribution in [2.75, 3.05) is 5.32 Å². The summed E-state index contributed by atoms with van der Waals surface area (Å²) in [4.78, 5) is 21.7. The standard InChI is InChI=1S/C19H17N5OS/c1-12(2)24-18-16(10-21-24)15(9-17(23-18)13-5-8-26-11-13)19(25)22-14-3-6-20-7-4-14/h3-12H,1-2H3,(H,20,22,25). The normalized spacial score (nSPS) is 11.2. The van der Waals surface area contributed by atoms with Gasteiger partial charge >= 0.3 is 0 Å². The molecule has 1 amide bonds. The van der Waals surface area contributed by atoms with Gasteiger partial charge in [0, 0.05) is 35.1 Å². The topological polar surface area (TPSA) is 72.7 Å². The van der Waals surface area contributed by atoms with Gasteiger partial charge in [-0.25, -0.2) is 9.67 Å². The molecule has 0 atom stereocenters. The van der Waals surface area contributed by atoms with Crippen LogP contribution in [0.5, 0.6) is 0 Å². The number of nitrogens with one attached hydrogen (secondary N) is 1. The number of carbonyl (C=O) groups is 1. The number of aromatic nitrogens is 4. The van der Waals surface area contributed by atoms with Crippen molar-refractivity contribution in [2.45, 2.75) is 19.9 Å². The predicted octanol–water partition coefficient (Wildman–Crippen LogP) is 4.39. The first-order valence-electron chi connectivity index (χ1n) is 8.25. The van der Waals surface area contributed by atoms with Gasteiger partial charge in [-0.05, 0) is 43.5 Å². The summed E-state index contributed by atoms with van der Waals surface area (Å²) < 4.78 is 1.84. The summed E-state index contributed by atoms with van der Waals surface area (Å²) in [5.74, 6) is -0.191. The minimum Gasteiger partial charge on any atom is -0.322 e. The zero-order chi connectivity index (χ0) is 18.1. The molecule has 130 valence electrons. The number of carbonyl (C=O) groups excluding carboxylic acids is 1.